The quantitative estimate of drug-likeness (QED) is 0.843. The summed E-state index contributed by atoms with van der Waals surface area (Å²) >= 11 is 0. The molecule has 0 saturated carbocycles. The molecule has 0 radical (unpaired) electrons. The molecular formula is C18H21NO2. The molecule has 3 heteroatoms. The number of methoxy groups -OCH3 is 2. The summed E-state index contributed by atoms with van der Waals surface area (Å²) in [6.07, 6.45) is 3.85. The van der Waals surface area contributed by atoms with Crippen LogP contribution in [0.5, 0.6) is 11.5 Å². The van der Waals surface area contributed by atoms with Crippen LogP contribution in [0.2, 0.25) is 0 Å². The number of hydrogen-bond donors (Lipinski definition) is 0. The molecule has 0 aliphatic carbocycles. The van der Waals surface area contributed by atoms with Crippen LogP contribution in [0.1, 0.15) is 24.0 Å². The summed E-state index contributed by atoms with van der Waals surface area (Å²) in [6, 6.07) is 9.48. The molecule has 1 atom stereocenters. The minimum atomic E-state index is 0.733. The Labute approximate surface area is 125 Å². The standard InChI is InChI=1S/C18H21NO2/c1-20-17-8-12-5-6-13-11-19-7-3-4-14(19)9-15(13)16(12)10-18(17)21-2/h5-6,8,10,14H,3-4,7,9,11H2,1-2H3/t14-/m1/s1. The third kappa shape index (κ3) is 1.99. The summed E-state index contributed by atoms with van der Waals surface area (Å²) < 4.78 is 10.9. The fourth-order valence-corrected chi connectivity index (χ4v) is 3.94. The van der Waals surface area contributed by atoms with Gasteiger partial charge >= 0.3 is 0 Å². The first-order valence-corrected chi connectivity index (χ1v) is 7.70. The van der Waals surface area contributed by atoms with Gasteiger partial charge in [0, 0.05) is 12.6 Å². The van der Waals surface area contributed by atoms with E-state index < -0.39 is 0 Å². The zero-order valence-corrected chi connectivity index (χ0v) is 12.7. The molecule has 2 aliphatic heterocycles. The Bertz CT molecular complexity index is 695. The van der Waals surface area contributed by atoms with Crippen molar-refractivity contribution in [2.45, 2.75) is 31.8 Å². The highest BCUT2D eigenvalue weighted by Crippen LogP contribution is 2.38. The van der Waals surface area contributed by atoms with E-state index in [9.17, 15) is 0 Å². The number of ether oxygens (including phenoxy) is 2. The van der Waals surface area contributed by atoms with Crippen LogP contribution >= 0.6 is 0 Å². The van der Waals surface area contributed by atoms with Crippen molar-refractivity contribution in [1.29, 1.82) is 0 Å². The van der Waals surface area contributed by atoms with E-state index in [-0.39, 0.29) is 0 Å². The number of nitrogens with zero attached hydrogens (tertiary/aromatic N) is 1. The Morgan fingerprint density at radius 2 is 1.90 bits per heavy atom. The minimum absolute atomic E-state index is 0.733. The van der Waals surface area contributed by atoms with Crippen molar-refractivity contribution in [2.75, 3.05) is 20.8 Å². The number of rotatable bonds is 2. The Kier molecular flexibility index (Phi) is 3.03. The molecule has 2 aromatic carbocycles. The average molecular weight is 283 g/mol. The zero-order chi connectivity index (χ0) is 14.4. The lowest BCUT2D eigenvalue weighted by Gasteiger charge is -2.32. The molecule has 2 aromatic rings. The Morgan fingerprint density at radius 1 is 1.10 bits per heavy atom. The predicted octanol–water partition coefficient (Wildman–Crippen LogP) is 3.38. The highest BCUT2D eigenvalue weighted by Gasteiger charge is 2.30. The Morgan fingerprint density at radius 3 is 2.71 bits per heavy atom. The van der Waals surface area contributed by atoms with Gasteiger partial charge in [-0.25, -0.2) is 0 Å². The van der Waals surface area contributed by atoms with Crippen molar-refractivity contribution >= 4 is 10.8 Å². The summed E-state index contributed by atoms with van der Waals surface area (Å²) in [5, 5.41) is 2.58. The van der Waals surface area contributed by atoms with Crippen LogP contribution in [0.25, 0.3) is 10.8 Å². The van der Waals surface area contributed by atoms with Gasteiger partial charge in [-0.05, 0) is 59.8 Å². The molecule has 2 heterocycles. The van der Waals surface area contributed by atoms with Gasteiger partial charge in [0.1, 0.15) is 0 Å². The molecule has 1 fully saturated rings. The maximum Gasteiger partial charge on any atom is 0.161 e. The number of hydrogen-bond acceptors (Lipinski definition) is 3. The van der Waals surface area contributed by atoms with Crippen molar-refractivity contribution in [3.8, 4) is 11.5 Å². The van der Waals surface area contributed by atoms with Gasteiger partial charge in [0.25, 0.3) is 0 Å². The van der Waals surface area contributed by atoms with Crippen LogP contribution in [-0.4, -0.2) is 31.7 Å². The van der Waals surface area contributed by atoms with Crippen LogP contribution in [0.15, 0.2) is 24.3 Å². The Balaban J connectivity index is 1.89. The topological polar surface area (TPSA) is 21.7 Å². The van der Waals surface area contributed by atoms with Crippen LogP contribution in [0.3, 0.4) is 0 Å². The van der Waals surface area contributed by atoms with Crippen molar-refractivity contribution < 1.29 is 9.47 Å². The predicted molar refractivity (Wildman–Crippen MR) is 84.2 cm³/mol. The zero-order valence-electron chi connectivity index (χ0n) is 12.7. The molecule has 21 heavy (non-hydrogen) atoms. The molecule has 4 rings (SSSR count). The lowest BCUT2D eigenvalue weighted by atomic mass is 9.89. The molecule has 110 valence electrons. The van der Waals surface area contributed by atoms with Gasteiger partial charge in [0.15, 0.2) is 11.5 Å². The second kappa shape index (κ2) is 4.92. The maximum atomic E-state index is 5.49. The van der Waals surface area contributed by atoms with Gasteiger partial charge in [-0.2, -0.15) is 0 Å². The van der Waals surface area contributed by atoms with Crippen molar-refractivity contribution in [3.05, 3.63) is 35.4 Å². The number of fused-ring (bicyclic) bond motifs is 4. The van der Waals surface area contributed by atoms with Crippen LogP contribution in [-0.2, 0) is 13.0 Å². The molecule has 0 spiro atoms. The van der Waals surface area contributed by atoms with Crippen molar-refractivity contribution in [2.24, 2.45) is 0 Å². The van der Waals surface area contributed by atoms with Gasteiger partial charge in [0.2, 0.25) is 0 Å². The fraction of sp³-hybridized carbons (Fsp3) is 0.444. The summed E-state index contributed by atoms with van der Waals surface area (Å²) in [5.74, 6) is 1.63. The van der Waals surface area contributed by atoms with E-state index in [1.807, 2.05) is 0 Å². The second-order valence-corrected chi connectivity index (χ2v) is 6.10. The summed E-state index contributed by atoms with van der Waals surface area (Å²) in [6.45, 7) is 2.36. The third-order valence-corrected chi connectivity index (χ3v) is 5.04. The van der Waals surface area contributed by atoms with E-state index >= 15 is 0 Å². The SMILES string of the molecule is COc1cc2ccc3c(c2cc1OC)C[C@H]1CCCN1C3. The summed E-state index contributed by atoms with van der Waals surface area (Å²) in [5.41, 5.74) is 2.99. The summed E-state index contributed by atoms with van der Waals surface area (Å²) in [7, 11) is 3.40. The van der Waals surface area contributed by atoms with Crippen LogP contribution < -0.4 is 9.47 Å². The first-order chi connectivity index (χ1) is 10.3. The Hall–Kier alpha value is -1.74. The highest BCUT2D eigenvalue weighted by molar-refractivity contribution is 5.90. The van der Waals surface area contributed by atoms with E-state index in [4.69, 9.17) is 9.47 Å². The molecule has 0 amide bonds. The van der Waals surface area contributed by atoms with Gasteiger partial charge < -0.3 is 9.47 Å². The van der Waals surface area contributed by atoms with E-state index in [0.717, 1.165) is 24.1 Å². The average Bonchev–Trinajstić information content (AvgIpc) is 2.98. The molecule has 0 unspecified atom stereocenters. The monoisotopic (exact) mass is 283 g/mol. The van der Waals surface area contributed by atoms with Gasteiger partial charge in [-0.3, -0.25) is 4.90 Å². The van der Waals surface area contributed by atoms with Gasteiger partial charge in [-0.15, -0.1) is 0 Å². The maximum absolute atomic E-state index is 5.49. The van der Waals surface area contributed by atoms with E-state index in [0.29, 0.717) is 0 Å². The molecule has 0 bridgehead atoms. The van der Waals surface area contributed by atoms with E-state index in [2.05, 4.69) is 29.2 Å². The van der Waals surface area contributed by atoms with Crippen molar-refractivity contribution in [1.82, 2.24) is 4.90 Å². The van der Waals surface area contributed by atoms with Crippen molar-refractivity contribution in [3.63, 3.8) is 0 Å². The normalized spacial score (nSPS) is 21.1. The van der Waals surface area contributed by atoms with Crippen LogP contribution in [0.4, 0.5) is 0 Å². The second-order valence-electron chi connectivity index (χ2n) is 6.10. The first kappa shape index (κ1) is 13.0. The summed E-state index contributed by atoms with van der Waals surface area (Å²) in [4.78, 5) is 2.63. The van der Waals surface area contributed by atoms with Crippen LogP contribution in [0, 0.1) is 0 Å². The third-order valence-electron chi connectivity index (χ3n) is 5.04. The fourth-order valence-electron chi connectivity index (χ4n) is 3.94. The molecule has 2 aliphatic rings. The van der Waals surface area contributed by atoms with Gasteiger partial charge in [-0.1, -0.05) is 12.1 Å². The molecule has 1 saturated heterocycles. The number of benzene rings is 2. The smallest absolute Gasteiger partial charge is 0.161 e. The highest BCUT2D eigenvalue weighted by atomic mass is 16.5. The lowest BCUT2D eigenvalue weighted by Crippen LogP contribution is -2.35. The molecule has 3 nitrogen and oxygen atoms in total. The first-order valence-electron chi connectivity index (χ1n) is 7.70. The largest absolute Gasteiger partial charge is 0.493 e. The minimum Gasteiger partial charge on any atom is -0.493 e. The molecule has 0 N–H and O–H groups in total. The molecular weight excluding hydrogens is 262 g/mol. The lowest BCUT2D eigenvalue weighted by molar-refractivity contribution is 0.228. The van der Waals surface area contributed by atoms with Gasteiger partial charge in [0.05, 0.1) is 14.2 Å². The molecule has 0 aromatic heterocycles. The van der Waals surface area contributed by atoms with E-state index in [1.54, 1.807) is 14.2 Å². The van der Waals surface area contributed by atoms with E-state index in [1.165, 1.54) is 47.7 Å².